The van der Waals surface area contributed by atoms with E-state index in [0.717, 1.165) is 30.8 Å². The molecule has 6 heteroatoms. The smallest absolute Gasteiger partial charge is 0.250 e. The monoisotopic (exact) mass is 312 g/mol. The molecule has 3 rings (SSSR count). The molecule has 23 heavy (non-hydrogen) atoms. The number of aromatic nitrogens is 3. The van der Waals surface area contributed by atoms with Crippen molar-refractivity contribution in [1.29, 1.82) is 0 Å². The normalized spacial score (nSPS) is 17.4. The van der Waals surface area contributed by atoms with Gasteiger partial charge in [-0.2, -0.15) is 0 Å². The molecule has 1 atom stereocenters. The van der Waals surface area contributed by atoms with Crippen LogP contribution in [0.25, 0.3) is 0 Å². The summed E-state index contributed by atoms with van der Waals surface area (Å²) in [7, 11) is 0. The van der Waals surface area contributed by atoms with E-state index >= 15 is 0 Å². The molecule has 1 fully saturated rings. The molecule has 1 saturated heterocycles. The van der Waals surface area contributed by atoms with Gasteiger partial charge in [0.05, 0.1) is 23.6 Å². The van der Waals surface area contributed by atoms with Gasteiger partial charge >= 0.3 is 0 Å². The second kappa shape index (κ2) is 6.73. The summed E-state index contributed by atoms with van der Waals surface area (Å²) in [5.41, 5.74) is 1.63. The lowest BCUT2D eigenvalue weighted by Crippen LogP contribution is -2.32. The number of hydrogen-bond donors (Lipinski definition) is 0. The Labute approximate surface area is 134 Å². The standard InChI is InChI=1S/C17H20N4O2/c1-13-11-18-12-14(19-13)15-5-4-9-21(15)17(23)7-10-20-8-3-2-6-16(20)22/h2-3,6,8,11-12,15H,4-5,7,9-10H2,1H3. The third-order valence-electron chi connectivity index (χ3n) is 4.15. The second-order valence-electron chi connectivity index (χ2n) is 5.81. The van der Waals surface area contributed by atoms with Gasteiger partial charge in [-0.15, -0.1) is 0 Å². The lowest BCUT2D eigenvalue weighted by molar-refractivity contribution is -0.132. The second-order valence-corrected chi connectivity index (χ2v) is 5.81. The van der Waals surface area contributed by atoms with Gasteiger partial charge in [0, 0.05) is 38.0 Å². The average Bonchev–Trinajstić information content (AvgIpc) is 3.03. The van der Waals surface area contributed by atoms with Crippen molar-refractivity contribution < 1.29 is 4.79 Å². The molecule has 6 nitrogen and oxygen atoms in total. The predicted octanol–water partition coefficient (Wildman–Crippen LogP) is 1.70. The van der Waals surface area contributed by atoms with Crippen LogP contribution in [0.15, 0.2) is 41.6 Å². The first-order chi connectivity index (χ1) is 11.1. The van der Waals surface area contributed by atoms with Gasteiger partial charge in [0.15, 0.2) is 0 Å². The highest BCUT2D eigenvalue weighted by molar-refractivity contribution is 5.76. The van der Waals surface area contributed by atoms with E-state index in [1.807, 2.05) is 11.8 Å². The van der Waals surface area contributed by atoms with E-state index in [9.17, 15) is 9.59 Å². The summed E-state index contributed by atoms with van der Waals surface area (Å²) < 4.78 is 1.56. The van der Waals surface area contributed by atoms with E-state index in [-0.39, 0.29) is 17.5 Å². The Morgan fingerprint density at radius 2 is 2.22 bits per heavy atom. The fourth-order valence-corrected chi connectivity index (χ4v) is 3.02. The number of carbonyl (C=O) groups is 1. The van der Waals surface area contributed by atoms with Crippen molar-refractivity contribution in [3.63, 3.8) is 0 Å². The molecule has 0 saturated carbocycles. The quantitative estimate of drug-likeness (QED) is 0.862. The molecule has 120 valence electrons. The largest absolute Gasteiger partial charge is 0.334 e. The number of pyridine rings is 1. The molecule has 0 aromatic carbocycles. The summed E-state index contributed by atoms with van der Waals surface area (Å²) in [4.78, 5) is 34.8. The molecule has 0 radical (unpaired) electrons. The summed E-state index contributed by atoms with van der Waals surface area (Å²) >= 11 is 0. The zero-order valence-electron chi connectivity index (χ0n) is 13.2. The van der Waals surface area contributed by atoms with E-state index in [0.29, 0.717) is 13.0 Å². The molecule has 1 unspecified atom stereocenters. The van der Waals surface area contributed by atoms with Crippen molar-refractivity contribution >= 4 is 5.91 Å². The van der Waals surface area contributed by atoms with E-state index in [1.165, 1.54) is 6.07 Å². The maximum Gasteiger partial charge on any atom is 0.250 e. The van der Waals surface area contributed by atoms with Crippen LogP contribution in [0, 0.1) is 6.92 Å². The summed E-state index contributed by atoms with van der Waals surface area (Å²) in [6, 6.07) is 5.01. The van der Waals surface area contributed by atoms with Gasteiger partial charge in [0.25, 0.3) is 5.56 Å². The lowest BCUT2D eigenvalue weighted by atomic mass is 10.1. The molecule has 1 amide bonds. The topological polar surface area (TPSA) is 68.1 Å². The molecule has 1 aliphatic rings. The number of hydrogen-bond acceptors (Lipinski definition) is 4. The first-order valence-corrected chi connectivity index (χ1v) is 7.88. The Morgan fingerprint density at radius 1 is 1.35 bits per heavy atom. The van der Waals surface area contributed by atoms with E-state index in [4.69, 9.17) is 0 Å². The average molecular weight is 312 g/mol. The Balaban J connectivity index is 1.69. The number of amides is 1. The van der Waals surface area contributed by atoms with Gasteiger partial charge in [-0.3, -0.25) is 19.6 Å². The van der Waals surface area contributed by atoms with Gasteiger partial charge in [-0.05, 0) is 25.8 Å². The van der Waals surface area contributed by atoms with Crippen LogP contribution in [0.1, 0.15) is 36.7 Å². The molecule has 0 N–H and O–H groups in total. The van der Waals surface area contributed by atoms with Crippen LogP contribution in [0.5, 0.6) is 0 Å². The number of nitrogens with zero attached hydrogens (tertiary/aromatic N) is 4. The van der Waals surface area contributed by atoms with Crippen molar-refractivity contribution in [2.75, 3.05) is 6.54 Å². The van der Waals surface area contributed by atoms with E-state index < -0.39 is 0 Å². The van der Waals surface area contributed by atoms with Crippen molar-refractivity contribution in [3.05, 3.63) is 58.5 Å². The van der Waals surface area contributed by atoms with Crippen LogP contribution in [0.4, 0.5) is 0 Å². The first kappa shape index (κ1) is 15.4. The zero-order chi connectivity index (χ0) is 16.2. The molecule has 2 aromatic rings. The fourth-order valence-electron chi connectivity index (χ4n) is 3.02. The first-order valence-electron chi connectivity index (χ1n) is 7.88. The molecule has 0 bridgehead atoms. The summed E-state index contributed by atoms with van der Waals surface area (Å²) in [6.07, 6.45) is 7.37. The Bertz CT molecular complexity index is 756. The Morgan fingerprint density at radius 3 is 3.00 bits per heavy atom. The Kier molecular flexibility index (Phi) is 4.50. The van der Waals surface area contributed by atoms with Crippen LogP contribution < -0.4 is 5.56 Å². The maximum atomic E-state index is 12.6. The number of likely N-dealkylation sites (tertiary alicyclic amines) is 1. The molecule has 1 aliphatic heterocycles. The summed E-state index contributed by atoms with van der Waals surface area (Å²) in [6.45, 7) is 3.05. The van der Waals surface area contributed by atoms with Crippen LogP contribution in [-0.2, 0) is 11.3 Å². The van der Waals surface area contributed by atoms with Crippen molar-refractivity contribution in [1.82, 2.24) is 19.4 Å². The molecular formula is C17H20N4O2. The SMILES string of the molecule is Cc1cncc(C2CCCN2C(=O)CCn2ccccc2=O)n1. The molecule has 0 aliphatic carbocycles. The Hall–Kier alpha value is -2.50. The van der Waals surface area contributed by atoms with Gasteiger partial charge in [-0.25, -0.2) is 0 Å². The molecule has 3 heterocycles. The molecular weight excluding hydrogens is 292 g/mol. The van der Waals surface area contributed by atoms with Crippen LogP contribution >= 0.6 is 0 Å². The summed E-state index contributed by atoms with van der Waals surface area (Å²) in [5.74, 6) is 0.0616. The lowest BCUT2D eigenvalue weighted by Gasteiger charge is -2.24. The van der Waals surface area contributed by atoms with E-state index in [2.05, 4.69) is 9.97 Å². The van der Waals surface area contributed by atoms with Crippen LogP contribution in [0.3, 0.4) is 0 Å². The van der Waals surface area contributed by atoms with Gasteiger partial charge < -0.3 is 9.47 Å². The fraction of sp³-hybridized carbons (Fsp3) is 0.412. The number of carbonyl (C=O) groups excluding carboxylic acids is 1. The highest BCUT2D eigenvalue weighted by atomic mass is 16.2. The van der Waals surface area contributed by atoms with Gasteiger partial charge in [0.2, 0.25) is 5.91 Å². The van der Waals surface area contributed by atoms with Crippen LogP contribution in [-0.4, -0.2) is 31.9 Å². The minimum absolute atomic E-state index is 0.00222. The third kappa shape index (κ3) is 3.47. The highest BCUT2D eigenvalue weighted by Gasteiger charge is 2.30. The van der Waals surface area contributed by atoms with Gasteiger partial charge in [-0.1, -0.05) is 6.07 Å². The third-order valence-corrected chi connectivity index (χ3v) is 4.15. The number of rotatable bonds is 4. The van der Waals surface area contributed by atoms with Crippen molar-refractivity contribution in [2.24, 2.45) is 0 Å². The maximum absolute atomic E-state index is 12.6. The molecule has 2 aromatic heterocycles. The minimum atomic E-state index is -0.0807. The highest BCUT2D eigenvalue weighted by Crippen LogP contribution is 2.31. The minimum Gasteiger partial charge on any atom is -0.334 e. The zero-order valence-corrected chi connectivity index (χ0v) is 13.2. The molecule has 0 spiro atoms. The van der Waals surface area contributed by atoms with Crippen molar-refractivity contribution in [3.8, 4) is 0 Å². The van der Waals surface area contributed by atoms with Gasteiger partial charge in [0.1, 0.15) is 0 Å². The van der Waals surface area contributed by atoms with Crippen molar-refractivity contribution in [2.45, 2.75) is 38.8 Å². The summed E-state index contributed by atoms with van der Waals surface area (Å²) in [5, 5.41) is 0. The predicted molar refractivity (Wildman–Crippen MR) is 85.8 cm³/mol. The van der Waals surface area contributed by atoms with E-state index in [1.54, 1.807) is 35.3 Å². The van der Waals surface area contributed by atoms with Crippen LogP contribution in [0.2, 0.25) is 0 Å². The number of aryl methyl sites for hydroxylation is 2.